The minimum absolute atomic E-state index is 0.140. The van der Waals surface area contributed by atoms with Gasteiger partial charge in [-0.3, -0.25) is 4.79 Å². The number of carbonyl (C=O) groups excluding carboxylic acids is 1. The number of hydrogen-bond donors (Lipinski definition) is 2. The molecule has 3 nitrogen and oxygen atoms in total. The largest absolute Gasteiger partial charge is 0.369 e. The summed E-state index contributed by atoms with van der Waals surface area (Å²) in [5.74, 6) is 0.794. The lowest BCUT2D eigenvalue weighted by Gasteiger charge is -2.24. The van der Waals surface area contributed by atoms with Gasteiger partial charge in [0, 0.05) is 5.41 Å². The molecule has 0 aromatic rings. The van der Waals surface area contributed by atoms with E-state index in [1.54, 1.807) is 0 Å². The van der Waals surface area contributed by atoms with Crippen LogP contribution in [0.5, 0.6) is 0 Å². The van der Waals surface area contributed by atoms with Crippen LogP contribution in [0.15, 0.2) is 0 Å². The molecule has 0 saturated carbocycles. The van der Waals surface area contributed by atoms with Gasteiger partial charge in [0.05, 0.1) is 0 Å². The molecule has 1 heterocycles. The van der Waals surface area contributed by atoms with Crippen molar-refractivity contribution >= 4 is 18.5 Å². The van der Waals surface area contributed by atoms with Crippen molar-refractivity contribution in [1.29, 1.82) is 0 Å². The van der Waals surface area contributed by atoms with Crippen LogP contribution < -0.4 is 5.73 Å². The molecule has 0 spiro atoms. The minimum atomic E-state index is -0.282. The van der Waals surface area contributed by atoms with Gasteiger partial charge in [0.2, 0.25) is 5.91 Å². The molecule has 15 heavy (non-hydrogen) atoms. The van der Waals surface area contributed by atoms with Crippen LogP contribution in [-0.4, -0.2) is 36.2 Å². The summed E-state index contributed by atoms with van der Waals surface area (Å²) in [4.78, 5) is 13.8. The predicted octanol–water partition coefficient (Wildman–Crippen LogP) is 1.28. The second-order valence-electron chi connectivity index (χ2n) is 4.70. The number of likely N-dealkylation sites (tertiary alicyclic amines) is 1. The summed E-state index contributed by atoms with van der Waals surface area (Å²) in [5.41, 5.74) is 5.16. The molecule has 2 N–H and O–H groups in total. The molecule has 4 heteroatoms. The van der Waals surface area contributed by atoms with Crippen LogP contribution >= 0.6 is 12.6 Å². The standard InChI is InChI=1S/C11H22N2OS/c1-11(10(12)14)4-2-6-13(8-5-11)7-3-9-15/h15H,2-9H2,1H3,(H2,12,14). The molecule has 0 aromatic carbocycles. The molecule has 1 unspecified atom stereocenters. The van der Waals surface area contributed by atoms with E-state index >= 15 is 0 Å². The van der Waals surface area contributed by atoms with Gasteiger partial charge in [0.25, 0.3) is 0 Å². The number of nitrogens with zero attached hydrogens (tertiary/aromatic N) is 1. The van der Waals surface area contributed by atoms with Crippen molar-refractivity contribution < 1.29 is 4.79 Å². The van der Waals surface area contributed by atoms with Gasteiger partial charge in [-0.05, 0) is 51.1 Å². The highest BCUT2D eigenvalue weighted by Gasteiger charge is 2.32. The number of thiol groups is 1. The van der Waals surface area contributed by atoms with Crippen molar-refractivity contribution in [3.8, 4) is 0 Å². The molecule has 1 atom stereocenters. The van der Waals surface area contributed by atoms with Crippen LogP contribution in [0.1, 0.15) is 32.6 Å². The first-order valence-electron chi connectivity index (χ1n) is 5.71. The monoisotopic (exact) mass is 230 g/mol. The number of nitrogens with two attached hydrogens (primary N) is 1. The Morgan fingerprint density at radius 3 is 2.80 bits per heavy atom. The van der Waals surface area contributed by atoms with Gasteiger partial charge in [-0.25, -0.2) is 0 Å². The second-order valence-corrected chi connectivity index (χ2v) is 5.14. The molecule has 1 saturated heterocycles. The van der Waals surface area contributed by atoms with Crippen molar-refractivity contribution in [2.75, 3.05) is 25.4 Å². The van der Waals surface area contributed by atoms with Crippen LogP contribution in [0.3, 0.4) is 0 Å². The average molecular weight is 230 g/mol. The molecule has 0 aromatic heterocycles. The maximum Gasteiger partial charge on any atom is 0.223 e. The number of amides is 1. The number of rotatable bonds is 4. The van der Waals surface area contributed by atoms with E-state index in [-0.39, 0.29) is 11.3 Å². The van der Waals surface area contributed by atoms with Crippen LogP contribution in [0, 0.1) is 5.41 Å². The van der Waals surface area contributed by atoms with Gasteiger partial charge in [0.1, 0.15) is 0 Å². The predicted molar refractivity (Wildman–Crippen MR) is 66.1 cm³/mol. The molecule has 1 amide bonds. The highest BCUT2D eigenvalue weighted by atomic mass is 32.1. The van der Waals surface area contributed by atoms with Crippen molar-refractivity contribution in [1.82, 2.24) is 4.90 Å². The third-order valence-electron chi connectivity index (χ3n) is 3.41. The quantitative estimate of drug-likeness (QED) is 0.715. The van der Waals surface area contributed by atoms with Crippen LogP contribution in [0.4, 0.5) is 0 Å². The van der Waals surface area contributed by atoms with E-state index in [0.29, 0.717) is 0 Å². The van der Waals surface area contributed by atoms with Gasteiger partial charge in [-0.1, -0.05) is 6.92 Å². The van der Waals surface area contributed by atoms with E-state index in [0.717, 1.165) is 51.1 Å². The smallest absolute Gasteiger partial charge is 0.223 e. The van der Waals surface area contributed by atoms with Gasteiger partial charge < -0.3 is 10.6 Å². The fraction of sp³-hybridized carbons (Fsp3) is 0.909. The van der Waals surface area contributed by atoms with E-state index in [1.807, 2.05) is 6.92 Å². The maximum atomic E-state index is 11.3. The van der Waals surface area contributed by atoms with Gasteiger partial charge in [-0.15, -0.1) is 0 Å². The Bertz CT molecular complexity index is 223. The lowest BCUT2D eigenvalue weighted by Crippen LogP contribution is -2.35. The fourth-order valence-corrected chi connectivity index (χ4v) is 2.24. The lowest BCUT2D eigenvalue weighted by atomic mass is 9.82. The molecule has 0 aliphatic carbocycles. The first-order chi connectivity index (χ1) is 7.08. The Labute approximate surface area is 97.8 Å². The molecule has 1 fully saturated rings. The third kappa shape index (κ3) is 3.68. The van der Waals surface area contributed by atoms with Crippen molar-refractivity contribution in [3.63, 3.8) is 0 Å². The molecule has 1 aliphatic rings. The van der Waals surface area contributed by atoms with Crippen molar-refractivity contribution in [3.05, 3.63) is 0 Å². The van der Waals surface area contributed by atoms with E-state index in [4.69, 9.17) is 5.73 Å². The van der Waals surface area contributed by atoms with Crippen LogP contribution in [-0.2, 0) is 4.79 Å². The van der Waals surface area contributed by atoms with Crippen molar-refractivity contribution in [2.45, 2.75) is 32.6 Å². The van der Waals surface area contributed by atoms with E-state index in [1.165, 1.54) is 0 Å². The van der Waals surface area contributed by atoms with E-state index < -0.39 is 0 Å². The average Bonchev–Trinajstić information content (AvgIpc) is 2.39. The normalized spacial score (nSPS) is 28.7. The summed E-state index contributed by atoms with van der Waals surface area (Å²) in [6, 6.07) is 0. The third-order valence-corrected chi connectivity index (χ3v) is 3.73. The first-order valence-corrected chi connectivity index (χ1v) is 6.35. The second kappa shape index (κ2) is 5.75. The summed E-state index contributed by atoms with van der Waals surface area (Å²) in [6.07, 6.45) is 4.02. The summed E-state index contributed by atoms with van der Waals surface area (Å²) in [5, 5.41) is 0. The molecule has 1 aliphatic heterocycles. The summed E-state index contributed by atoms with van der Waals surface area (Å²) < 4.78 is 0. The lowest BCUT2D eigenvalue weighted by molar-refractivity contribution is -0.127. The Morgan fingerprint density at radius 1 is 1.47 bits per heavy atom. The van der Waals surface area contributed by atoms with Gasteiger partial charge in [-0.2, -0.15) is 12.6 Å². The van der Waals surface area contributed by atoms with Gasteiger partial charge in [0.15, 0.2) is 0 Å². The summed E-state index contributed by atoms with van der Waals surface area (Å²) >= 11 is 4.21. The van der Waals surface area contributed by atoms with Crippen molar-refractivity contribution in [2.24, 2.45) is 11.1 Å². The first kappa shape index (κ1) is 12.8. The summed E-state index contributed by atoms with van der Waals surface area (Å²) in [7, 11) is 0. The Kier molecular flexibility index (Phi) is 4.93. The van der Waals surface area contributed by atoms with E-state index in [9.17, 15) is 4.79 Å². The maximum absolute atomic E-state index is 11.3. The molecular weight excluding hydrogens is 208 g/mol. The Balaban J connectivity index is 2.44. The number of carbonyl (C=O) groups is 1. The Morgan fingerprint density at radius 2 is 2.20 bits per heavy atom. The van der Waals surface area contributed by atoms with Gasteiger partial charge >= 0.3 is 0 Å². The molecular formula is C11H22N2OS. The zero-order chi connectivity index (χ0) is 11.3. The SMILES string of the molecule is CC1(C(N)=O)CCCN(CCCS)CC1. The molecule has 88 valence electrons. The molecule has 0 radical (unpaired) electrons. The Hall–Kier alpha value is -0.220. The number of hydrogen-bond acceptors (Lipinski definition) is 3. The van der Waals surface area contributed by atoms with Crippen LogP contribution in [0.2, 0.25) is 0 Å². The van der Waals surface area contributed by atoms with Crippen LogP contribution in [0.25, 0.3) is 0 Å². The minimum Gasteiger partial charge on any atom is -0.369 e. The zero-order valence-corrected chi connectivity index (χ0v) is 10.4. The molecule has 0 bridgehead atoms. The highest BCUT2D eigenvalue weighted by Crippen LogP contribution is 2.30. The van der Waals surface area contributed by atoms with E-state index in [2.05, 4.69) is 17.5 Å². The summed E-state index contributed by atoms with van der Waals surface area (Å²) in [6.45, 7) is 5.18. The number of primary amides is 1. The topological polar surface area (TPSA) is 46.3 Å². The fourth-order valence-electron chi connectivity index (χ4n) is 2.10. The zero-order valence-electron chi connectivity index (χ0n) is 9.54. The highest BCUT2D eigenvalue weighted by molar-refractivity contribution is 7.80. The molecule has 1 rings (SSSR count).